The SMILES string of the molecule is CN=C(NCCS(=O)(=O)N1CCOCC1)N(C)Cc1ccc(C(F)(F)F)cc1. The Balaban J connectivity index is 1.87. The van der Waals surface area contributed by atoms with Crippen LogP contribution in [0.25, 0.3) is 0 Å². The molecule has 0 unspecified atom stereocenters. The van der Waals surface area contributed by atoms with Gasteiger partial charge in [-0.3, -0.25) is 4.99 Å². The van der Waals surface area contributed by atoms with Crippen LogP contribution >= 0.6 is 0 Å². The third kappa shape index (κ3) is 6.35. The average molecular weight is 422 g/mol. The van der Waals surface area contributed by atoms with Crippen molar-refractivity contribution in [3.05, 3.63) is 35.4 Å². The molecule has 0 atom stereocenters. The van der Waals surface area contributed by atoms with Crippen molar-refractivity contribution in [3.8, 4) is 0 Å². The number of hydrogen-bond donors (Lipinski definition) is 1. The van der Waals surface area contributed by atoms with Gasteiger partial charge in [-0.05, 0) is 17.7 Å². The second kappa shape index (κ2) is 9.57. The molecule has 0 aromatic heterocycles. The molecule has 0 radical (unpaired) electrons. The molecule has 2 rings (SSSR count). The van der Waals surface area contributed by atoms with Crippen LogP contribution in [0.2, 0.25) is 0 Å². The number of hydrogen-bond acceptors (Lipinski definition) is 4. The van der Waals surface area contributed by atoms with E-state index in [2.05, 4.69) is 10.3 Å². The van der Waals surface area contributed by atoms with Crippen LogP contribution in [0.5, 0.6) is 0 Å². The summed E-state index contributed by atoms with van der Waals surface area (Å²) in [5.74, 6) is 0.372. The van der Waals surface area contributed by atoms with Crippen molar-refractivity contribution in [2.75, 3.05) is 52.7 Å². The van der Waals surface area contributed by atoms with E-state index in [0.717, 1.165) is 12.1 Å². The summed E-state index contributed by atoms with van der Waals surface area (Å²) in [7, 11) is -0.0965. The van der Waals surface area contributed by atoms with Gasteiger partial charge < -0.3 is 15.0 Å². The Morgan fingerprint density at radius 2 is 1.86 bits per heavy atom. The Morgan fingerprint density at radius 1 is 1.25 bits per heavy atom. The van der Waals surface area contributed by atoms with Crippen LogP contribution in [0, 0.1) is 0 Å². The van der Waals surface area contributed by atoms with E-state index in [0.29, 0.717) is 44.4 Å². The van der Waals surface area contributed by atoms with Crippen LogP contribution in [0.3, 0.4) is 0 Å². The molecule has 11 heteroatoms. The van der Waals surface area contributed by atoms with Crippen molar-refractivity contribution in [1.29, 1.82) is 0 Å². The van der Waals surface area contributed by atoms with E-state index >= 15 is 0 Å². The van der Waals surface area contributed by atoms with Crippen LogP contribution in [0.4, 0.5) is 13.2 Å². The minimum atomic E-state index is -4.37. The lowest BCUT2D eigenvalue weighted by Crippen LogP contribution is -2.45. The highest BCUT2D eigenvalue weighted by atomic mass is 32.2. The number of halogens is 3. The van der Waals surface area contributed by atoms with Gasteiger partial charge in [-0.2, -0.15) is 17.5 Å². The van der Waals surface area contributed by atoms with E-state index < -0.39 is 21.8 Å². The van der Waals surface area contributed by atoms with Gasteiger partial charge >= 0.3 is 6.18 Å². The molecule has 0 spiro atoms. The molecule has 0 aliphatic carbocycles. The number of alkyl halides is 3. The molecule has 1 N–H and O–H groups in total. The normalized spacial score (nSPS) is 16.8. The zero-order valence-corrected chi connectivity index (χ0v) is 16.7. The molecule has 1 aromatic rings. The summed E-state index contributed by atoms with van der Waals surface area (Å²) in [4.78, 5) is 5.81. The van der Waals surface area contributed by atoms with Gasteiger partial charge in [0.05, 0.1) is 24.5 Å². The van der Waals surface area contributed by atoms with E-state index in [1.807, 2.05) is 0 Å². The van der Waals surface area contributed by atoms with E-state index in [1.54, 1.807) is 19.0 Å². The Kier molecular flexibility index (Phi) is 7.67. The molecule has 0 amide bonds. The highest BCUT2D eigenvalue weighted by molar-refractivity contribution is 7.89. The zero-order valence-electron chi connectivity index (χ0n) is 15.9. The summed E-state index contributed by atoms with van der Waals surface area (Å²) in [6, 6.07) is 4.90. The maximum absolute atomic E-state index is 12.6. The third-order valence-corrected chi connectivity index (χ3v) is 6.15. The number of nitrogens with zero attached hydrogens (tertiary/aromatic N) is 3. The number of ether oxygens (including phenoxy) is 1. The van der Waals surface area contributed by atoms with E-state index in [-0.39, 0.29) is 12.3 Å². The Morgan fingerprint density at radius 3 is 2.39 bits per heavy atom. The molecule has 158 valence electrons. The first-order chi connectivity index (χ1) is 13.1. The molecule has 1 saturated heterocycles. The first-order valence-electron chi connectivity index (χ1n) is 8.77. The van der Waals surface area contributed by atoms with Crippen LogP contribution in [0.1, 0.15) is 11.1 Å². The fourth-order valence-electron chi connectivity index (χ4n) is 2.78. The van der Waals surface area contributed by atoms with E-state index in [1.165, 1.54) is 16.4 Å². The smallest absolute Gasteiger partial charge is 0.379 e. The molecular formula is C17H25F3N4O3S. The molecule has 7 nitrogen and oxygen atoms in total. The predicted octanol–water partition coefficient (Wildman–Crippen LogP) is 1.37. The highest BCUT2D eigenvalue weighted by Crippen LogP contribution is 2.29. The quantitative estimate of drug-likeness (QED) is 0.554. The highest BCUT2D eigenvalue weighted by Gasteiger charge is 2.30. The number of sulfonamides is 1. The molecule has 1 fully saturated rings. The molecule has 28 heavy (non-hydrogen) atoms. The van der Waals surface area contributed by atoms with Crippen molar-refractivity contribution in [1.82, 2.24) is 14.5 Å². The maximum atomic E-state index is 12.6. The number of benzene rings is 1. The van der Waals surface area contributed by atoms with Gasteiger partial charge in [0, 0.05) is 40.3 Å². The van der Waals surface area contributed by atoms with Crippen LogP contribution < -0.4 is 5.32 Å². The summed E-state index contributed by atoms with van der Waals surface area (Å²) >= 11 is 0. The van der Waals surface area contributed by atoms with Crippen LogP contribution in [0.15, 0.2) is 29.3 Å². The topological polar surface area (TPSA) is 74.2 Å². The summed E-state index contributed by atoms with van der Waals surface area (Å²) < 4.78 is 69.1. The Labute approximate surface area is 163 Å². The standard InChI is InChI=1S/C17H25F3N4O3S/c1-21-16(22-7-12-28(25,26)24-8-10-27-11-9-24)23(2)13-14-3-5-15(6-4-14)17(18,19)20/h3-6H,7-13H2,1-2H3,(H,21,22). The average Bonchev–Trinajstić information content (AvgIpc) is 2.65. The molecule has 1 aliphatic heterocycles. The lowest BCUT2D eigenvalue weighted by atomic mass is 10.1. The lowest BCUT2D eigenvalue weighted by Gasteiger charge is -2.27. The number of rotatable bonds is 6. The van der Waals surface area contributed by atoms with Crippen LogP contribution in [-0.4, -0.2) is 76.3 Å². The maximum Gasteiger partial charge on any atom is 0.416 e. The van der Waals surface area contributed by atoms with Gasteiger partial charge in [-0.1, -0.05) is 12.1 Å². The van der Waals surface area contributed by atoms with Crippen molar-refractivity contribution in [2.45, 2.75) is 12.7 Å². The van der Waals surface area contributed by atoms with Gasteiger partial charge in [0.25, 0.3) is 0 Å². The van der Waals surface area contributed by atoms with Gasteiger partial charge in [0.15, 0.2) is 5.96 Å². The number of morpholine rings is 1. The zero-order chi connectivity index (χ0) is 20.8. The first-order valence-corrected chi connectivity index (χ1v) is 10.4. The second-order valence-corrected chi connectivity index (χ2v) is 8.44. The molecular weight excluding hydrogens is 397 g/mol. The molecule has 0 saturated carbocycles. The number of aliphatic imine (C=N–C) groups is 1. The summed E-state index contributed by atoms with van der Waals surface area (Å²) in [6.45, 7) is 1.99. The van der Waals surface area contributed by atoms with Gasteiger partial charge in [0.1, 0.15) is 0 Å². The first kappa shape index (κ1) is 22.4. The molecule has 1 aromatic carbocycles. The van der Waals surface area contributed by atoms with Crippen molar-refractivity contribution >= 4 is 16.0 Å². The fourth-order valence-corrected chi connectivity index (χ4v) is 4.10. The Hall–Kier alpha value is -1.85. The number of guanidine groups is 1. The molecule has 1 heterocycles. The minimum Gasteiger partial charge on any atom is -0.379 e. The number of nitrogens with one attached hydrogen (secondary N) is 1. The van der Waals surface area contributed by atoms with Crippen molar-refractivity contribution in [2.24, 2.45) is 4.99 Å². The van der Waals surface area contributed by atoms with Crippen molar-refractivity contribution < 1.29 is 26.3 Å². The predicted molar refractivity (Wildman–Crippen MR) is 100 cm³/mol. The molecule has 0 bridgehead atoms. The lowest BCUT2D eigenvalue weighted by molar-refractivity contribution is -0.137. The van der Waals surface area contributed by atoms with Crippen molar-refractivity contribution in [3.63, 3.8) is 0 Å². The third-order valence-electron chi connectivity index (χ3n) is 4.28. The van der Waals surface area contributed by atoms with Gasteiger partial charge in [-0.25, -0.2) is 8.42 Å². The fraction of sp³-hybridized carbons (Fsp3) is 0.588. The van der Waals surface area contributed by atoms with Gasteiger partial charge in [-0.15, -0.1) is 0 Å². The van der Waals surface area contributed by atoms with E-state index in [9.17, 15) is 21.6 Å². The summed E-state index contributed by atoms with van der Waals surface area (Å²) in [6.07, 6.45) is -4.37. The summed E-state index contributed by atoms with van der Waals surface area (Å²) in [5.41, 5.74) is -0.0193. The Bertz CT molecular complexity index is 761. The molecule has 1 aliphatic rings. The second-order valence-electron chi connectivity index (χ2n) is 6.35. The largest absolute Gasteiger partial charge is 0.416 e. The monoisotopic (exact) mass is 422 g/mol. The minimum absolute atomic E-state index is 0.0832. The van der Waals surface area contributed by atoms with Gasteiger partial charge in [0.2, 0.25) is 10.0 Å². The van der Waals surface area contributed by atoms with E-state index in [4.69, 9.17) is 4.74 Å². The van der Waals surface area contributed by atoms with Crippen LogP contribution in [-0.2, 0) is 27.5 Å². The summed E-state index contributed by atoms with van der Waals surface area (Å²) in [5, 5.41) is 2.98.